The Labute approximate surface area is 95.5 Å². The zero-order valence-electron chi connectivity index (χ0n) is 9.71. The van der Waals surface area contributed by atoms with Crippen LogP contribution in [0.25, 0.3) is 0 Å². The first-order chi connectivity index (χ1) is 7.51. The molecular formula is C13H17NO2. The van der Waals surface area contributed by atoms with E-state index < -0.39 is 11.4 Å². The molecule has 1 aliphatic rings. The Morgan fingerprint density at radius 1 is 1.44 bits per heavy atom. The Morgan fingerprint density at radius 2 is 2.19 bits per heavy atom. The lowest BCUT2D eigenvalue weighted by atomic mass is 9.83. The fraction of sp³-hybridized carbons (Fsp3) is 0.462. The van der Waals surface area contributed by atoms with E-state index in [0.717, 1.165) is 30.6 Å². The molecule has 0 bridgehead atoms. The van der Waals surface area contributed by atoms with Crippen molar-refractivity contribution in [2.75, 3.05) is 11.9 Å². The van der Waals surface area contributed by atoms with Crippen LogP contribution in [0.3, 0.4) is 0 Å². The SMILES string of the molecule is CC(C)(C(=O)O)c1ccc2c(c1)CCCN2. The quantitative estimate of drug-likeness (QED) is 0.803. The van der Waals surface area contributed by atoms with Crippen LogP contribution in [-0.4, -0.2) is 17.6 Å². The van der Waals surface area contributed by atoms with E-state index in [4.69, 9.17) is 0 Å². The summed E-state index contributed by atoms with van der Waals surface area (Å²) in [6.45, 7) is 4.50. The Kier molecular flexibility index (Phi) is 2.62. The molecule has 1 aromatic carbocycles. The lowest BCUT2D eigenvalue weighted by Crippen LogP contribution is -2.28. The van der Waals surface area contributed by atoms with Gasteiger partial charge in [0, 0.05) is 12.2 Å². The third-order valence-corrected chi connectivity index (χ3v) is 3.30. The lowest BCUT2D eigenvalue weighted by molar-refractivity contribution is -0.142. The normalized spacial score (nSPS) is 15.1. The molecule has 86 valence electrons. The lowest BCUT2D eigenvalue weighted by Gasteiger charge is -2.24. The second kappa shape index (κ2) is 3.81. The summed E-state index contributed by atoms with van der Waals surface area (Å²) in [6.07, 6.45) is 2.15. The number of aliphatic carboxylic acids is 1. The number of carboxylic acids is 1. The van der Waals surface area contributed by atoms with Gasteiger partial charge in [-0.25, -0.2) is 0 Å². The predicted molar refractivity (Wildman–Crippen MR) is 63.9 cm³/mol. The van der Waals surface area contributed by atoms with Crippen LogP contribution in [-0.2, 0) is 16.6 Å². The minimum atomic E-state index is -0.813. The minimum absolute atomic E-state index is 0.781. The van der Waals surface area contributed by atoms with E-state index in [-0.39, 0.29) is 0 Å². The highest BCUT2D eigenvalue weighted by molar-refractivity contribution is 5.80. The highest BCUT2D eigenvalue weighted by Crippen LogP contribution is 2.29. The largest absolute Gasteiger partial charge is 0.481 e. The average molecular weight is 219 g/mol. The fourth-order valence-electron chi connectivity index (χ4n) is 1.99. The summed E-state index contributed by atoms with van der Waals surface area (Å²) in [4.78, 5) is 11.2. The summed E-state index contributed by atoms with van der Waals surface area (Å²) < 4.78 is 0. The van der Waals surface area contributed by atoms with Gasteiger partial charge in [0.15, 0.2) is 0 Å². The molecule has 0 aromatic heterocycles. The van der Waals surface area contributed by atoms with Gasteiger partial charge in [-0.15, -0.1) is 0 Å². The fourth-order valence-corrected chi connectivity index (χ4v) is 1.99. The maximum Gasteiger partial charge on any atom is 0.313 e. The maximum atomic E-state index is 11.2. The van der Waals surface area contributed by atoms with Crippen molar-refractivity contribution in [3.63, 3.8) is 0 Å². The van der Waals surface area contributed by atoms with E-state index in [2.05, 4.69) is 5.32 Å². The number of nitrogens with one attached hydrogen (secondary N) is 1. The van der Waals surface area contributed by atoms with Crippen LogP contribution in [0.5, 0.6) is 0 Å². The minimum Gasteiger partial charge on any atom is -0.481 e. The summed E-state index contributed by atoms with van der Waals surface area (Å²) >= 11 is 0. The van der Waals surface area contributed by atoms with E-state index in [1.54, 1.807) is 13.8 Å². The molecule has 1 aromatic rings. The Balaban J connectivity index is 2.40. The van der Waals surface area contributed by atoms with E-state index >= 15 is 0 Å². The van der Waals surface area contributed by atoms with Gasteiger partial charge >= 0.3 is 5.97 Å². The molecule has 2 rings (SSSR count). The Bertz CT molecular complexity index is 424. The molecule has 3 nitrogen and oxygen atoms in total. The number of carboxylic acid groups (broad SMARTS) is 1. The summed E-state index contributed by atoms with van der Waals surface area (Å²) in [6, 6.07) is 5.93. The van der Waals surface area contributed by atoms with Crippen LogP contribution in [0.4, 0.5) is 5.69 Å². The molecule has 0 saturated carbocycles. The van der Waals surface area contributed by atoms with Crippen molar-refractivity contribution in [3.8, 4) is 0 Å². The van der Waals surface area contributed by atoms with Gasteiger partial charge in [0.25, 0.3) is 0 Å². The first-order valence-electron chi connectivity index (χ1n) is 5.62. The molecule has 0 aliphatic carbocycles. The first-order valence-corrected chi connectivity index (χ1v) is 5.62. The third-order valence-electron chi connectivity index (χ3n) is 3.30. The zero-order valence-corrected chi connectivity index (χ0v) is 9.71. The molecule has 0 spiro atoms. The number of hydrogen-bond acceptors (Lipinski definition) is 2. The van der Waals surface area contributed by atoms with Crippen molar-refractivity contribution in [2.24, 2.45) is 0 Å². The topological polar surface area (TPSA) is 49.3 Å². The number of anilines is 1. The molecule has 3 heteroatoms. The van der Waals surface area contributed by atoms with Crippen LogP contribution in [0.2, 0.25) is 0 Å². The number of aryl methyl sites for hydroxylation is 1. The van der Waals surface area contributed by atoms with E-state index in [0.29, 0.717) is 0 Å². The number of benzene rings is 1. The smallest absolute Gasteiger partial charge is 0.313 e. The van der Waals surface area contributed by atoms with E-state index in [1.165, 1.54) is 5.56 Å². The summed E-state index contributed by atoms with van der Waals surface area (Å²) in [5.74, 6) is -0.781. The van der Waals surface area contributed by atoms with Gasteiger partial charge < -0.3 is 10.4 Å². The number of hydrogen-bond donors (Lipinski definition) is 2. The second-order valence-corrected chi connectivity index (χ2v) is 4.83. The monoisotopic (exact) mass is 219 g/mol. The molecule has 0 unspecified atom stereocenters. The average Bonchev–Trinajstić information content (AvgIpc) is 2.28. The standard InChI is InChI=1S/C13H17NO2/c1-13(2,12(15)16)10-5-6-11-9(8-10)4-3-7-14-11/h5-6,8,14H,3-4,7H2,1-2H3,(H,15,16). The van der Waals surface area contributed by atoms with Crippen molar-refractivity contribution in [3.05, 3.63) is 29.3 Å². The number of carbonyl (C=O) groups is 1. The first kappa shape index (κ1) is 11.0. The van der Waals surface area contributed by atoms with Crippen LogP contribution < -0.4 is 5.32 Å². The van der Waals surface area contributed by atoms with Crippen molar-refractivity contribution >= 4 is 11.7 Å². The van der Waals surface area contributed by atoms with Gasteiger partial charge in [-0.2, -0.15) is 0 Å². The van der Waals surface area contributed by atoms with Gasteiger partial charge in [0.05, 0.1) is 5.41 Å². The van der Waals surface area contributed by atoms with Gasteiger partial charge in [-0.3, -0.25) is 4.79 Å². The maximum absolute atomic E-state index is 11.2. The second-order valence-electron chi connectivity index (χ2n) is 4.83. The molecule has 0 atom stereocenters. The summed E-state index contributed by atoms with van der Waals surface area (Å²) in [7, 11) is 0. The van der Waals surface area contributed by atoms with Gasteiger partial charge in [-0.1, -0.05) is 12.1 Å². The molecule has 2 N–H and O–H groups in total. The molecule has 0 amide bonds. The van der Waals surface area contributed by atoms with Crippen LogP contribution in [0, 0.1) is 0 Å². The van der Waals surface area contributed by atoms with Crippen molar-refractivity contribution in [1.82, 2.24) is 0 Å². The molecule has 1 heterocycles. The number of rotatable bonds is 2. The molecule has 0 saturated heterocycles. The van der Waals surface area contributed by atoms with E-state index in [9.17, 15) is 9.90 Å². The Morgan fingerprint density at radius 3 is 2.88 bits per heavy atom. The van der Waals surface area contributed by atoms with Crippen LogP contribution in [0.15, 0.2) is 18.2 Å². The molecular weight excluding hydrogens is 202 g/mol. The van der Waals surface area contributed by atoms with Gasteiger partial charge in [-0.05, 0) is 43.9 Å². The molecule has 1 aliphatic heterocycles. The molecule has 0 radical (unpaired) electrons. The van der Waals surface area contributed by atoms with Crippen molar-refractivity contribution in [1.29, 1.82) is 0 Å². The highest BCUT2D eigenvalue weighted by atomic mass is 16.4. The summed E-state index contributed by atoms with van der Waals surface area (Å²) in [5, 5.41) is 12.5. The predicted octanol–water partition coefficient (Wildman–Crippen LogP) is 2.41. The van der Waals surface area contributed by atoms with Crippen LogP contribution >= 0.6 is 0 Å². The third kappa shape index (κ3) is 1.77. The van der Waals surface area contributed by atoms with Crippen LogP contribution in [0.1, 0.15) is 31.4 Å². The van der Waals surface area contributed by atoms with Crippen molar-refractivity contribution in [2.45, 2.75) is 32.1 Å². The Hall–Kier alpha value is -1.51. The number of fused-ring (bicyclic) bond motifs is 1. The van der Waals surface area contributed by atoms with Gasteiger partial charge in [0.2, 0.25) is 0 Å². The molecule has 0 fully saturated rings. The van der Waals surface area contributed by atoms with Crippen molar-refractivity contribution < 1.29 is 9.90 Å². The van der Waals surface area contributed by atoms with Gasteiger partial charge in [0.1, 0.15) is 0 Å². The molecule has 16 heavy (non-hydrogen) atoms. The highest BCUT2D eigenvalue weighted by Gasteiger charge is 2.30. The zero-order chi connectivity index (χ0) is 11.8. The van der Waals surface area contributed by atoms with E-state index in [1.807, 2.05) is 18.2 Å². The summed E-state index contributed by atoms with van der Waals surface area (Å²) in [5.41, 5.74) is 2.45.